The van der Waals surface area contributed by atoms with Gasteiger partial charge < -0.3 is 14.6 Å². The van der Waals surface area contributed by atoms with Gasteiger partial charge in [-0.25, -0.2) is 14.0 Å². The van der Waals surface area contributed by atoms with E-state index in [-0.39, 0.29) is 23.8 Å². The molecule has 1 rings (SSSR count). The van der Waals surface area contributed by atoms with Crippen molar-refractivity contribution in [2.75, 3.05) is 13.2 Å². The zero-order chi connectivity index (χ0) is 17.6. The molecule has 8 heteroatoms. The SMILES string of the molecule is CCOC(=O)C(CC(=O)c1ccc(Cl)cc1F)(OCC)C(=O)O. The number of esters is 1. The topological polar surface area (TPSA) is 89.9 Å². The molecule has 126 valence electrons. The summed E-state index contributed by atoms with van der Waals surface area (Å²) in [5.74, 6) is -4.72. The molecular formula is C15H16ClFO6. The molecule has 0 spiro atoms. The molecule has 0 heterocycles. The molecule has 1 aromatic rings. The fraction of sp³-hybridized carbons (Fsp3) is 0.400. The third-order valence-electron chi connectivity index (χ3n) is 2.98. The molecular weight excluding hydrogens is 331 g/mol. The van der Waals surface area contributed by atoms with Crippen molar-refractivity contribution >= 4 is 29.3 Å². The first-order valence-corrected chi connectivity index (χ1v) is 7.19. The van der Waals surface area contributed by atoms with Gasteiger partial charge >= 0.3 is 11.9 Å². The standard InChI is InChI=1S/C15H16ClFO6/c1-3-22-14(21)15(13(19)20,23-4-2)8-12(18)10-6-5-9(16)7-11(10)17/h5-7H,3-4,8H2,1-2H3,(H,19,20). The van der Waals surface area contributed by atoms with Crippen LogP contribution in [0.25, 0.3) is 0 Å². The lowest BCUT2D eigenvalue weighted by atomic mass is 9.93. The normalized spacial score (nSPS) is 13.2. The molecule has 1 atom stereocenters. The summed E-state index contributed by atoms with van der Waals surface area (Å²) in [5.41, 5.74) is -2.91. The van der Waals surface area contributed by atoms with Gasteiger partial charge in [-0.15, -0.1) is 0 Å². The summed E-state index contributed by atoms with van der Waals surface area (Å²) in [6, 6.07) is 3.32. The smallest absolute Gasteiger partial charge is 0.350 e. The number of benzene rings is 1. The van der Waals surface area contributed by atoms with Crippen LogP contribution in [0, 0.1) is 5.82 Å². The second kappa shape index (κ2) is 8.03. The van der Waals surface area contributed by atoms with Gasteiger partial charge in [0.25, 0.3) is 5.60 Å². The quantitative estimate of drug-likeness (QED) is 0.442. The zero-order valence-corrected chi connectivity index (χ0v) is 13.4. The van der Waals surface area contributed by atoms with E-state index in [1.807, 2.05) is 0 Å². The molecule has 0 aliphatic carbocycles. The molecule has 0 saturated carbocycles. The summed E-state index contributed by atoms with van der Waals surface area (Å²) in [5, 5.41) is 9.45. The fourth-order valence-corrected chi connectivity index (χ4v) is 2.10. The lowest BCUT2D eigenvalue weighted by molar-refractivity contribution is -0.186. The maximum atomic E-state index is 13.8. The van der Waals surface area contributed by atoms with Crippen LogP contribution in [0.15, 0.2) is 18.2 Å². The maximum absolute atomic E-state index is 13.8. The number of rotatable bonds is 8. The van der Waals surface area contributed by atoms with Crippen LogP contribution in [0.1, 0.15) is 30.6 Å². The van der Waals surface area contributed by atoms with E-state index < -0.39 is 35.6 Å². The van der Waals surface area contributed by atoms with Crippen LogP contribution in [0.3, 0.4) is 0 Å². The summed E-state index contributed by atoms with van der Waals surface area (Å²) in [6.07, 6.45) is -0.895. The molecule has 0 fully saturated rings. The van der Waals surface area contributed by atoms with Crippen molar-refractivity contribution in [3.63, 3.8) is 0 Å². The molecule has 0 bridgehead atoms. The second-order valence-electron chi connectivity index (χ2n) is 4.51. The van der Waals surface area contributed by atoms with E-state index in [9.17, 15) is 23.9 Å². The van der Waals surface area contributed by atoms with E-state index in [1.54, 1.807) is 0 Å². The first-order chi connectivity index (χ1) is 10.8. The number of Topliss-reactive ketones (excluding diaryl/α,β-unsaturated/α-hetero) is 1. The average Bonchev–Trinajstić information content (AvgIpc) is 2.46. The largest absolute Gasteiger partial charge is 0.479 e. The maximum Gasteiger partial charge on any atom is 0.350 e. The summed E-state index contributed by atoms with van der Waals surface area (Å²) < 4.78 is 23.5. The van der Waals surface area contributed by atoms with E-state index in [0.717, 1.165) is 12.1 Å². The predicted octanol–water partition coefficient (Wildman–Crippen LogP) is 2.47. The number of hydrogen-bond acceptors (Lipinski definition) is 5. The number of aliphatic carboxylic acids is 1. The van der Waals surface area contributed by atoms with Gasteiger partial charge in [-0.2, -0.15) is 0 Å². The summed E-state index contributed by atoms with van der Waals surface area (Å²) in [6.45, 7) is 2.70. The third kappa shape index (κ3) is 4.27. The van der Waals surface area contributed by atoms with Gasteiger partial charge in [-0.3, -0.25) is 4.79 Å². The molecule has 0 amide bonds. The van der Waals surface area contributed by atoms with Crippen molar-refractivity contribution in [2.24, 2.45) is 0 Å². The van der Waals surface area contributed by atoms with Crippen LogP contribution < -0.4 is 0 Å². The van der Waals surface area contributed by atoms with Gasteiger partial charge in [0.15, 0.2) is 5.78 Å². The van der Waals surface area contributed by atoms with E-state index in [2.05, 4.69) is 0 Å². The summed E-state index contributed by atoms with van der Waals surface area (Å²) in [7, 11) is 0. The van der Waals surface area contributed by atoms with Gasteiger partial charge in [0.2, 0.25) is 0 Å². The Labute approximate surface area is 137 Å². The Morgan fingerprint density at radius 2 is 1.91 bits per heavy atom. The van der Waals surface area contributed by atoms with Gasteiger partial charge in [-0.1, -0.05) is 11.6 Å². The molecule has 6 nitrogen and oxygen atoms in total. The number of ether oxygens (including phenoxy) is 2. The molecule has 23 heavy (non-hydrogen) atoms. The second-order valence-corrected chi connectivity index (χ2v) is 4.95. The Hall–Kier alpha value is -1.99. The van der Waals surface area contributed by atoms with Crippen LogP contribution in [0.5, 0.6) is 0 Å². The van der Waals surface area contributed by atoms with E-state index in [0.29, 0.717) is 0 Å². The van der Waals surface area contributed by atoms with Crippen molar-refractivity contribution in [3.05, 3.63) is 34.6 Å². The van der Waals surface area contributed by atoms with Crippen molar-refractivity contribution < 1.29 is 33.4 Å². The van der Waals surface area contributed by atoms with Crippen LogP contribution in [0.2, 0.25) is 5.02 Å². The molecule has 0 aromatic heterocycles. The predicted molar refractivity (Wildman–Crippen MR) is 79.0 cm³/mol. The monoisotopic (exact) mass is 346 g/mol. The Kier molecular flexibility index (Phi) is 6.65. The fourth-order valence-electron chi connectivity index (χ4n) is 1.94. The minimum Gasteiger partial charge on any atom is -0.479 e. The number of carbonyl (C=O) groups excluding carboxylic acids is 2. The number of ketones is 1. The van der Waals surface area contributed by atoms with Crippen LogP contribution in [0.4, 0.5) is 4.39 Å². The summed E-state index contributed by atoms with van der Waals surface area (Å²) >= 11 is 5.60. The van der Waals surface area contributed by atoms with E-state index >= 15 is 0 Å². The highest BCUT2D eigenvalue weighted by Crippen LogP contribution is 2.24. The molecule has 0 radical (unpaired) electrons. The number of halogens is 2. The number of carboxylic acid groups (broad SMARTS) is 1. The van der Waals surface area contributed by atoms with Gasteiger partial charge in [0.05, 0.1) is 18.6 Å². The van der Waals surface area contributed by atoms with Crippen LogP contribution in [-0.4, -0.2) is 41.6 Å². The van der Waals surface area contributed by atoms with Gasteiger partial charge in [-0.05, 0) is 32.0 Å². The number of carbonyl (C=O) groups is 3. The molecule has 0 aliphatic rings. The van der Waals surface area contributed by atoms with Crippen molar-refractivity contribution in [3.8, 4) is 0 Å². The molecule has 1 aromatic carbocycles. The highest BCUT2D eigenvalue weighted by atomic mass is 35.5. The Morgan fingerprint density at radius 3 is 2.39 bits per heavy atom. The Balaban J connectivity index is 3.20. The average molecular weight is 347 g/mol. The first-order valence-electron chi connectivity index (χ1n) is 6.81. The first kappa shape index (κ1) is 19.1. The minimum atomic E-state index is -2.52. The Morgan fingerprint density at radius 1 is 1.26 bits per heavy atom. The van der Waals surface area contributed by atoms with Crippen molar-refractivity contribution in [1.29, 1.82) is 0 Å². The van der Waals surface area contributed by atoms with Gasteiger partial charge in [0.1, 0.15) is 5.82 Å². The minimum absolute atomic E-state index is 0.0822. The third-order valence-corrected chi connectivity index (χ3v) is 3.22. The summed E-state index contributed by atoms with van der Waals surface area (Å²) in [4.78, 5) is 35.8. The lowest BCUT2D eigenvalue weighted by Gasteiger charge is -2.26. The van der Waals surface area contributed by atoms with Crippen molar-refractivity contribution in [1.82, 2.24) is 0 Å². The highest BCUT2D eigenvalue weighted by molar-refractivity contribution is 6.30. The van der Waals surface area contributed by atoms with Crippen molar-refractivity contribution in [2.45, 2.75) is 25.9 Å². The molecule has 1 N–H and O–H groups in total. The van der Waals surface area contributed by atoms with E-state index in [1.165, 1.54) is 19.9 Å². The molecule has 0 aliphatic heterocycles. The Bertz CT molecular complexity index is 618. The van der Waals surface area contributed by atoms with Gasteiger partial charge in [0, 0.05) is 11.6 Å². The lowest BCUT2D eigenvalue weighted by Crippen LogP contribution is -2.51. The zero-order valence-electron chi connectivity index (χ0n) is 12.6. The number of hydrogen-bond donors (Lipinski definition) is 1. The molecule has 1 unspecified atom stereocenters. The number of carboxylic acids is 1. The van der Waals surface area contributed by atoms with Crippen LogP contribution >= 0.6 is 11.6 Å². The molecule has 0 saturated heterocycles. The highest BCUT2D eigenvalue weighted by Gasteiger charge is 2.51. The van der Waals surface area contributed by atoms with E-state index in [4.69, 9.17) is 21.1 Å². The van der Waals surface area contributed by atoms with Crippen LogP contribution in [-0.2, 0) is 19.1 Å².